The normalized spacial score (nSPS) is 12.1. The molecular weight excluding hydrogens is 362 g/mol. The largest absolute Gasteiger partial charge is 0.451 e. The number of fused-ring (bicyclic) bond motifs is 1. The quantitative estimate of drug-likeness (QED) is 0.713. The van der Waals surface area contributed by atoms with Crippen LogP contribution in [0.1, 0.15) is 29.2 Å². The smallest absolute Gasteiger partial charge is 0.340 e. The Kier molecular flexibility index (Phi) is 4.20. The van der Waals surface area contributed by atoms with Gasteiger partial charge in [-0.1, -0.05) is 12.1 Å². The molecule has 3 aromatic rings. The maximum atomic E-state index is 12.1. The second kappa shape index (κ2) is 6.29. The molecule has 0 aliphatic rings. The molecule has 1 aromatic carbocycles. The average Bonchev–Trinajstić information content (AvgIpc) is 2.54. The highest BCUT2D eigenvalue weighted by Crippen LogP contribution is 2.17. The van der Waals surface area contributed by atoms with Gasteiger partial charge in [-0.2, -0.15) is 0 Å². The summed E-state index contributed by atoms with van der Waals surface area (Å²) in [7, 11) is 0. The van der Waals surface area contributed by atoms with Gasteiger partial charge >= 0.3 is 5.97 Å². The lowest BCUT2D eigenvalue weighted by atomic mass is 10.2. The Morgan fingerprint density at radius 1 is 1.30 bits per heavy atom. The number of pyridine rings is 1. The molecule has 116 valence electrons. The molecule has 0 aliphatic heterocycles. The Bertz CT molecular complexity index is 939. The molecule has 1 N–H and O–H groups in total. The van der Waals surface area contributed by atoms with Gasteiger partial charge in [0.25, 0.3) is 5.56 Å². The molecule has 7 heteroatoms. The van der Waals surface area contributed by atoms with Gasteiger partial charge in [0.1, 0.15) is 0 Å². The first-order valence-corrected chi connectivity index (χ1v) is 7.64. The Morgan fingerprint density at radius 2 is 2.09 bits per heavy atom. The highest BCUT2D eigenvalue weighted by molar-refractivity contribution is 9.10. The topological polar surface area (TPSA) is 84.9 Å². The van der Waals surface area contributed by atoms with E-state index in [-0.39, 0.29) is 5.56 Å². The summed E-state index contributed by atoms with van der Waals surface area (Å²) >= 11 is 3.25. The number of nitrogens with one attached hydrogen (secondary N) is 1. The SMILES string of the molecule is CC(OC(=O)c1cncc(Br)c1)c1nc2ccccc2c(=O)[nH]1. The van der Waals surface area contributed by atoms with E-state index in [1.165, 1.54) is 6.20 Å². The van der Waals surface area contributed by atoms with Gasteiger partial charge < -0.3 is 9.72 Å². The van der Waals surface area contributed by atoms with Crippen molar-refractivity contribution in [1.82, 2.24) is 15.0 Å². The van der Waals surface area contributed by atoms with Crippen molar-refractivity contribution >= 4 is 32.8 Å². The highest BCUT2D eigenvalue weighted by Gasteiger charge is 2.17. The van der Waals surface area contributed by atoms with Gasteiger partial charge in [-0.05, 0) is 41.1 Å². The number of ether oxygens (including phenoxy) is 1. The first-order valence-electron chi connectivity index (χ1n) is 6.85. The third-order valence-electron chi connectivity index (χ3n) is 3.24. The Labute approximate surface area is 139 Å². The lowest BCUT2D eigenvalue weighted by Gasteiger charge is -2.13. The number of carbonyl (C=O) groups is 1. The first kappa shape index (κ1) is 15.4. The summed E-state index contributed by atoms with van der Waals surface area (Å²) in [6.45, 7) is 1.65. The molecule has 0 saturated carbocycles. The van der Waals surface area contributed by atoms with Crippen molar-refractivity contribution in [1.29, 1.82) is 0 Å². The van der Waals surface area contributed by atoms with Gasteiger partial charge in [0.05, 0.1) is 16.5 Å². The maximum Gasteiger partial charge on any atom is 0.340 e. The fourth-order valence-electron chi connectivity index (χ4n) is 2.10. The summed E-state index contributed by atoms with van der Waals surface area (Å²) in [5.74, 6) is -0.243. The van der Waals surface area contributed by atoms with E-state index in [2.05, 4.69) is 30.9 Å². The minimum Gasteiger partial charge on any atom is -0.451 e. The Balaban J connectivity index is 1.87. The van der Waals surface area contributed by atoms with Crippen LogP contribution in [-0.2, 0) is 4.74 Å². The molecule has 3 rings (SSSR count). The molecule has 0 amide bonds. The minimum atomic E-state index is -0.696. The van der Waals surface area contributed by atoms with Crippen LogP contribution in [0.3, 0.4) is 0 Å². The molecule has 2 aromatic heterocycles. The van der Waals surface area contributed by atoms with E-state index in [0.29, 0.717) is 26.8 Å². The molecule has 0 saturated heterocycles. The number of carbonyl (C=O) groups excluding carboxylic acids is 1. The number of hydrogen-bond acceptors (Lipinski definition) is 5. The lowest BCUT2D eigenvalue weighted by molar-refractivity contribution is 0.0319. The summed E-state index contributed by atoms with van der Waals surface area (Å²) in [6, 6.07) is 8.60. The minimum absolute atomic E-state index is 0.266. The Morgan fingerprint density at radius 3 is 2.87 bits per heavy atom. The van der Waals surface area contributed by atoms with Gasteiger partial charge in [0.15, 0.2) is 11.9 Å². The van der Waals surface area contributed by atoms with Crippen LogP contribution in [0.15, 0.2) is 52.0 Å². The number of benzene rings is 1. The summed E-state index contributed by atoms with van der Waals surface area (Å²) in [5, 5.41) is 0.492. The second-order valence-corrected chi connectivity index (χ2v) is 5.82. The van der Waals surface area contributed by atoms with Crippen molar-refractivity contribution in [2.45, 2.75) is 13.0 Å². The van der Waals surface area contributed by atoms with Gasteiger partial charge in [0, 0.05) is 16.9 Å². The molecule has 0 spiro atoms. The van der Waals surface area contributed by atoms with Crippen LogP contribution in [0.5, 0.6) is 0 Å². The molecule has 0 aliphatic carbocycles. The van der Waals surface area contributed by atoms with E-state index in [0.717, 1.165) is 0 Å². The van der Waals surface area contributed by atoms with Crippen molar-refractivity contribution in [3.05, 3.63) is 68.9 Å². The zero-order valence-electron chi connectivity index (χ0n) is 12.1. The second-order valence-electron chi connectivity index (χ2n) is 4.91. The molecule has 6 nitrogen and oxygen atoms in total. The van der Waals surface area contributed by atoms with Crippen molar-refractivity contribution < 1.29 is 9.53 Å². The van der Waals surface area contributed by atoms with Crippen molar-refractivity contribution in [3.63, 3.8) is 0 Å². The third-order valence-corrected chi connectivity index (χ3v) is 3.67. The molecule has 2 heterocycles. The molecule has 1 unspecified atom stereocenters. The number of nitrogens with zero attached hydrogens (tertiary/aromatic N) is 2. The number of hydrogen-bond donors (Lipinski definition) is 1. The van der Waals surface area contributed by atoms with E-state index in [9.17, 15) is 9.59 Å². The summed E-state index contributed by atoms with van der Waals surface area (Å²) in [4.78, 5) is 35.1. The number of aromatic nitrogens is 3. The van der Waals surface area contributed by atoms with E-state index in [1.54, 1.807) is 43.5 Å². The first-order chi connectivity index (χ1) is 11.0. The molecule has 0 fully saturated rings. The van der Waals surface area contributed by atoms with Gasteiger partial charge in [-0.15, -0.1) is 0 Å². The zero-order chi connectivity index (χ0) is 16.4. The predicted molar refractivity (Wildman–Crippen MR) is 88.1 cm³/mol. The molecular formula is C16H12BrN3O3. The van der Waals surface area contributed by atoms with Crippen molar-refractivity contribution in [2.24, 2.45) is 0 Å². The number of H-pyrrole nitrogens is 1. The Hall–Kier alpha value is -2.54. The standard InChI is InChI=1S/C16H12BrN3O3/c1-9(23-16(22)10-6-11(17)8-18-7-10)14-19-13-5-3-2-4-12(13)15(21)20-14/h2-9H,1H3,(H,19,20,21). The van der Waals surface area contributed by atoms with Crippen LogP contribution in [0.25, 0.3) is 10.9 Å². The number of rotatable bonds is 3. The van der Waals surface area contributed by atoms with E-state index in [4.69, 9.17) is 4.74 Å². The zero-order valence-corrected chi connectivity index (χ0v) is 13.7. The number of para-hydroxylation sites is 1. The highest BCUT2D eigenvalue weighted by atomic mass is 79.9. The van der Waals surface area contributed by atoms with Crippen LogP contribution >= 0.6 is 15.9 Å². The van der Waals surface area contributed by atoms with Crippen LogP contribution in [0.2, 0.25) is 0 Å². The fourth-order valence-corrected chi connectivity index (χ4v) is 2.47. The summed E-state index contributed by atoms with van der Waals surface area (Å²) < 4.78 is 6.03. The number of halogens is 1. The van der Waals surface area contributed by atoms with Crippen molar-refractivity contribution in [3.8, 4) is 0 Å². The summed E-state index contributed by atoms with van der Waals surface area (Å²) in [5.41, 5.74) is 0.602. The van der Waals surface area contributed by atoms with Gasteiger partial charge in [-0.25, -0.2) is 9.78 Å². The summed E-state index contributed by atoms with van der Waals surface area (Å²) in [6.07, 6.45) is 2.29. The fraction of sp³-hybridized carbons (Fsp3) is 0.125. The third kappa shape index (κ3) is 3.29. The average molecular weight is 374 g/mol. The van der Waals surface area contributed by atoms with Crippen LogP contribution in [0, 0.1) is 0 Å². The van der Waals surface area contributed by atoms with Crippen LogP contribution < -0.4 is 5.56 Å². The monoisotopic (exact) mass is 373 g/mol. The van der Waals surface area contributed by atoms with Gasteiger partial charge in [0.2, 0.25) is 0 Å². The van der Waals surface area contributed by atoms with E-state index < -0.39 is 12.1 Å². The van der Waals surface area contributed by atoms with Crippen LogP contribution in [0.4, 0.5) is 0 Å². The lowest BCUT2D eigenvalue weighted by Crippen LogP contribution is -2.17. The molecule has 0 radical (unpaired) electrons. The van der Waals surface area contributed by atoms with Gasteiger partial charge in [-0.3, -0.25) is 9.78 Å². The molecule has 0 bridgehead atoms. The predicted octanol–water partition coefficient (Wildman–Crippen LogP) is 3.00. The molecule has 1 atom stereocenters. The van der Waals surface area contributed by atoms with E-state index >= 15 is 0 Å². The maximum absolute atomic E-state index is 12.1. The van der Waals surface area contributed by atoms with Crippen molar-refractivity contribution in [2.75, 3.05) is 0 Å². The number of aromatic amines is 1. The molecule has 23 heavy (non-hydrogen) atoms. The number of esters is 1. The van der Waals surface area contributed by atoms with E-state index in [1.807, 2.05) is 0 Å². The van der Waals surface area contributed by atoms with Crippen LogP contribution in [-0.4, -0.2) is 20.9 Å².